The van der Waals surface area contributed by atoms with Crippen LogP contribution in [0.25, 0.3) is 22.5 Å². The normalized spacial score (nSPS) is 11.1. The summed E-state index contributed by atoms with van der Waals surface area (Å²) < 4.78 is 0. The second kappa shape index (κ2) is 7.77. The minimum absolute atomic E-state index is 0.0823. The summed E-state index contributed by atoms with van der Waals surface area (Å²) >= 11 is 6.12. The van der Waals surface area contributed by atoms with Crippen LogP contribution in [0.15, 0.2) is 36.5 Å². The molecule has 0 amide bonds. The van der Waals surface area contributed by atoms with Crippen molar-refractivity contribution < 1.29 is 15.0 Å². The van der Waals surface area contributed by atoms with Gasteiger partial charge in [0.1, 0.15) is 5.82 Å². The number of aromatic hydroxyl groups is 1. The number of hydrogen-bond donors (Lipinski definition) is 3. The van der Waals surface area contributed by atoms with E-state index >= 15 is 0 Å². The molecule has 3 rings (SSSR count). The summed E-state index contributed by atoms with van der Waals surface area (Å²) in [5.41, 5.74) is 2.59. The number of H-pyrrole nitrogens is 1. The van der Waals surface area contributed by atoms with Gasteiger partial charge in [-0.3, -0.25) is 0 Å². The SMILES string of the molecule is CN(C)CCc1nc(-c2cc(Cl)cc(C(=O)O)c2)c(-c2ccnc(O)c2)[nH]1. The van der Waals surface area contributed by atoms with E-state index in [1.165, 1.54) is 24.4 Å². The van der Waals surface area contributed by atoms with Crippen molar-refractivity contribution in [2.75, 3.05) is 20.6 Å². The van der Waals surface area contributed by atoms with E-state index < -0.39 is 5.97 Å². The van der Waals surface area contributed by atoms with Gasteiger partial charge in [0.05, 0.1) is 17.0 Å². The van der Waals surface area contributed by atoms with Crippen LogP contribution in [0.4, 0.5) is 0 Å². The molecule has 8 heteroatoms. The Morgan fingerprint density at radius 2 is 2.00 bits per heavy atom. The van der Waals surface area contributed by atoms with Crippen LogP contribution >= 0.6 is 11.6 Å². The van der Waals surface area contributed by atoms with E-state index in [4.69, 9.17) is 11.6 Å². The summed E-state index contributed by atoms with van der Waals surface area (Å²) in [6, 6.07) is 7.87. The molecule has 2 aromatic heterocycles. The van der Waals surface area contributed by atoms with Gasteiger partial charge in [0.2, 0.25) is 5.88 Å². The number of imidazole rings is 1. The van der Waals surface area contributed by atoms with Gasteiger partial charge in [-0.25, -0.2) is 14.8 Å². The second-order valence-electron chi connectivity index (χ2n) is 6.40. The van der Waals surface area contributed by atoms with Crippen LogP contribution in [0.1, 0.15) is 16.2 Å². The molecule has 0 aliphatic heterocycles. The number of nitrogens with zero attached hydrogens (tertiary/aromatic N) is 3. The van der Waals surface area contributed by atoms with Crippen LogP contribution in [-0.2, 0) is 6.42 Å². The maximum Gasteiger partial charge on any atom is 0.335 e. The van der Waals surface area contributed by atoms with Crippen LogP contribution in [0.5, 0.6) is 5.88 Å². The molecule has 0 saturated carbocycles. The average molecular weight is 387 g/mol. The molecule has 27 heavy (non-hydrogen) atoms. The number of pyridine rings is 1. The number of halogens is 1. The largest absolute Gasteiger partial charge is 0.493 e. The van der Waals surface area contributed by atoms with Crippen LogP contribution in [-0.4, -0.2) is 56.7 Å². The highest BCUT2D eigenvalue weighted by Crippen LogP contribution is 2.33. The molecule has 1 aromatic carbocycles. The van der Waals surface area contributed by atoms with E-state index in [0.717, 1.165) is 12.4 Å². The lowest BCUT2D eigenvalue weighted by Crippen LogP contribution is -2.15. The quantitative estimate of drug-likeness (QED) is 0.600. The number of aromatic nitrogens is 3. The number of rotatable bonds is 6. The lowest BCUT2D eigenvalue weighted by molar-refractivity contribution is 0.0697. The molecule has 0 saturated heterocycles. The highest BCUT2D eigenvalue weighted by Gasteiger charge is 2.17. The highest BCUT2D eigenvalue weighted by atomic mass is 35.5. The molecule has 0 unspecified atom stereocenters. The summed E-state index contributed by atoms with van der Waals surface area (Å²) in [7, 11) is 3.95. The number of aromatic carboxylic acids is 1. The fourth-order valence-corrected chi connectivity index (χ4v) is 2.95. The van der Waals surface area contributed by atoms with E-state index in [1.54, 1.807) is 12.1 Å². The first-order chi connectivity index (χ1) is 12.8. The smallest absolute Gasteiger partial charge is 0.335 e. The standard InChI is InChI=1S/C19H19ClN4O3/c1-24(2)6-4-15-22-17(11-3-5-21-16(25)10-11)18(23-15)12-7-13(19(26)27)9-14(20)8-12/h3,5,7-10H,4,6H2,1-2H3,(H,21,25)(H,22,23)(H,26,27). The van der Waals surface area contributed by atoms with Crippen molar-refractivity contribution in [1.82, 2.24) is 19.9 Å². The van der Waals surface area contributed by atoms with Gasteiger partial charge >= 0.3 is 5.97 Å². The minimum Gasteiger partial charge on any atom is -0.493 e. The molecule has 140 valence electrons. The average Bonchev–Trinajstić information content (AvgIpc) is 3.04. The van der Waals surface area contributed by atoms with Crippen LogP contribution in [0.3, 0.4) is 0 Å². The lowest BCUT2D eigenvalue weighted by Gasteiger charge is -2.06. The van der Waals surface area contributed by atoms with Crippen molar-refractivity contribution >= 4 is 17.6 Å². The van der Waals surface area contributed by atoms with Crippen LogP contribution < -0.4 is 0 Å². The van der Waals surface area contributed by atoms with E-state index in [-0.39, 0.29) is 11.4 Å². The van der Waals surface area contributed by atoms with Gasteiger partial charge in [-0.1, -0.05) is 11.6 Å². The summed E-state index contributed by atoms with van der Waals surface area (Å²) in [5, 5.41) is 19.4. The number of carboxylic acid groups (broad SMARTS) is 1. The van der Waals surface area contributed by atoms with Gasteiger partial charge in [-0.2, -0.15) is 0 Å². The molecule has 0 aliphatic rings. The maximum absolute atomic E-state index is 11.4. The van der Waals surface area contributed by atoms with Gasteiger partial charge in [-0.05, 0) is 38.4 Å². The Labute approximate surface area is 161 Å². The van der Waals surface area contributed by atoms with Crippen molar-refractivity contribution in [3.63, 3.8) is 0 Å². The second-order valence-corrected chi connectivity index (χ2v) is 6.83. The third kappa shape index (κ3) is 4.45. The Morgan fingerprint density at radius 3 is 2.67 bits per heavy atom. The molecule has 0 atom stereocenters. The maximum atomic E-state index is 11.4. The Morgan fingerprint density at radius 1 is 1.22 bits per heavy atom. The fraction of sp³-hybridized carbons (Fsp3) is 0.211. The van der Waals surface area contributed by atoms with Crippen molar-refractivity contribution in [3.05, 3.63) is 52.9 Å². The molecule has 0 bridgehead atoms. The van der Waals surface area contributed by atoms with Crippen molar-refractivity contribution in [2.45, 2.75) is 6.42 Å². The molecule has 0 spiro atoms. The number of nitrogens with one attached hydrogen (secondary N) is 1. The first-order valence-electron chi connectivity index (χ1n) is 8.26. The van der Waals surface area contributed by atoms with Gasteiger partial charge in [0, 0.05) is 41.4 Å². The predicted molar refractivity (Wildman–Crippen MR) is 103 cm³/mol. The number of likely N-dealkylation sites (N-methyl/N-ethyl adjacent to an activating group) is 1. The molecule has 3 aromatic rings. The third-order valence-electron chi connectivity index (χ3n) is 4.00. The number of benzene rings is 1. The minimum atomic E-state index is -1.06. The first-order valence-corrected chi connectivity index (χ1v) is 8.64. The van der Waals surface area contributed by atoms with Crippen molar-refractivity contribution in [3.8, 4) is 28.4 Å². The number of aromatic amines is 1. The zero-order valence-electron chi connectivity index (χ0n) is 14.9. The predicted octanol–water partition coefficient (Wildman–Crippen LogP) is 3.30. The van der Waals surface area contributed by atoms with E-state index in [2.05, 4.69) is 15.0 Å². The first kappa shape index (κ1) is 18.9. The number of hydrogen-bond acceptors (Lipinski definition) is 5. The molecule has 0 radical (unpaired) electrons. The monoisotopic (exact) mass is 386 g/mol. The third-order valence-corrected chi connectivity index (χ3v) is 4.22. The molecule has 0 aliphatic carbocycles. The zero-order valence-corrected chi connectivity index (χ0v) is 15.7. The molecule has 3 N–H and O–H groups in total. The van der Waals surface area contributed by atoms with Crippen molar-refractivity contribution in [1.29, 1.82) is 0 Å². The van der Waals surface area contributed by atoms with E-state index in [0.29, 0.717) is 34.0 Å². The molecular formula is C19H19ClN4O3. The van der Waals surface area contributed by atoms with Gasteiger partial charge < -0.3 is 20.1 Å². The van der Waals surface area contributed by atoms with Crippen LogP contribution in [0.2, 0.25) is 5.02 Å². The van der Waals surface area contributed by atoms with Gasteiger partial charge in [0.15, 0.2) is 0 Å². The van der Waals surface area contributed by atoms with Gasteiger partial charge in [-0.15, -0.1) is 0 Å². The molecular weight excluding hydrogens is 368 g/mol. The number of carboxylic acids is 1. The summed E-state index contributed by atoms with van der Waals surface area (Å²) in [6.45, 7) is 0.796. The Balaban J connectivity index is 2.14. The zero-order chi connectivity index (χ0) is 19.6. The molecule has 2 heterocycles. The van der Waals surface area contributed by atoms with Gasteiger partial charge in [0.25, 0.3) is 0 Å². The summed E-state index contributed by atoms with van der Waals surface area (Å²) in [6.07, 6.45) is 2.18. The number of carbonyl (C=O) groups is 1. The Kier molecular flexibility index (Phi) is 5.43. The van der Waals surface area contributed by atoms with Crippen molar-refractivity contribution in [2.24, 2.45) is 0 Å². The van der Waals surface area contributed by atoms with Crippen LogP contribution in [0, 0.1) is 0 Å². The summed E-state index contributed by atoms with van der Waals surface area (Å²) in [5.74, 6) is -0.424. The van der Waals surface area contributed by atoms with E-state index in [1.807, 2.05) is 19.0 Å². The lowest BCUT2D eigenvalue weighted by atomic mass is 10.0. The Hall–Kier alpha value is -2.90. The summed E-state index contributed by atoms with van der Waals surface area (Å²) in [4.78, 5) is 25.2. The highest BCUT2D eigenvalue weighted by molar-refractivity contribution is 6.31. The Bertz CT molecular complexity index is 985. The molecule has 0 fully saturated rings. The van der Waals surface area contributed by atoms with E-state index in [9.17, 15) is 15.0 Å². The molecule has 7 nitrogen and oxygen atoms in total. The topological polar surface area (TPSA) is 102 Å². The fourth-order valence-electron chi connectivity index (χ4n) is 2.71.